The summed E-state index contributed by atoms with van der Waals surface area (Å²) in [6.07, 6.45) is 2.57. The van der Waals surface area contributed by atoms with E-state index in [1.54, 1.807) is 6.07 Å². The van der Waals surface area contributed by atoms with Gasteiger partial charge in [0.15, 0.2) is 5.69 Å². The van der Waals surface area contributed by atoms with Gasteiger partial charge >= 0.3 is 5.97 Å². The summed E-state index contributed by atoms with van der Waals surface area (Å²) in [5.74, 6) is -0.958. The summed E-state index contributed by atoms with van der Waals surface area (Å²) >= 11 is 0. The van der Waals surface area contributed by atoms with Crippen molar-refractivity contribution < 1.29 is 9.90 Å². The SMILES string of the molecule is CCC(C)N(CC)Cc1cccnc1C(=O)O. The molecule has 1 aromatic rings. The summed E-state index contributed by atoms with van der Waals surface area (Å²) in [6, 6.07) is 4.06. The first kappa shape index (κ1) is 13.6. The highest BCUT2D eigenvalue weighted by Gasteiger charge is 2.16. The van der Waals surface area contributed by atoms with Crippen LogP contribution in [0.2, 0.25) is 0 Å². The van der Waals surface area contributed by atoms with Crippen molar-refractivity contribution in [3.63, 3.8) is 0 Å². The maximum absolute atomic E-state index is 11.0. The van der Waals surface area contributed by atoms with Crippen LogP contribution in [0.25, 0.3) is 0 Å². The third-order valence-electron chi connectivity index (χ3n) is 3.09. The second-order valence-electron chi connectivity index (χ2n) is 4.14. The Morgan fingerprint density at radius 2 is 2.24 bits per heavy atom. The Morgan fingerprint density at radius 1 is 1.53 bits per heavy atom. The molecule has 4 heteroatoms. The molecule has 1 atom stereocenters. The van der Waals surface area contributed by atoms with Crippen LogP contribution in [0.4, 0.5) is 0 Å². The minimum Gasteiger partial charge on any atom is -0.477 e. The topological polar surface area (TPSA) is 53.4 Å². The van der Waals surface area contributed by atoms with Crippen LogP contribution in [-0.2, 0) is 6.54 Å². The number of aromatic carboxylic acids is 1. The summed E-state index contributed by atoms with van der Waals surface area (Å²) in [5, 5.41) is 9.07. The lowest BCUT2D eigenvalue weighted by molar-refractivity contribution is 0.0687. The van der Waals surface area contributed by atoms with E-state index < -0.39 is 5.97 Å². The van der Waals surface area contributed by atoms with Gasteiger partial charge in [-0.1, -0.05) is 19.9 Å². The van der Waals surface area contributed by atoms with Crippen LogP contribution in [-0.4, -0.2) is 33.5 Å². The van der Waals surface area contributed by atoms with Gasteiger partial charge in [-0.25, -0.2) is 9.78 Å². The Labute approximate surface area is 102 Å². The molecule has 0 aliphatic heterocycles. The van der Waals surface area contributed by atoms with E-state index in [9.17, 15) is 4.79 Å². The van der Waals surface area contributed by atoms with Crippen molar-refractivity contribution in [1.29, 1.82) is 0 Å². The molecule has 0 radical (unpaired) electrons. The molecule has 1 N–H and O–H groups in total. The molecule has 0 aromatic carbocycles. The van der Waals surface area contributed by atoms with E-state index in [0.717, 1.165) is 18.5 Å². The second-order valence-corrected chi connectivity index (χ2v) is 4.14. The number of rotatable bonds is 6. The lowest BCUT2D eigenvalue weighted by atomic mass is 10.1. The van der Waals surface area contributed by atoms with Gasteiger partial charge in [0.25, 0.3) is 0 Å². The molecule has 1 unspecified atom stereocenters. The summed E-state index contributed by atoms with van der Waals surface area (Å²) in [6.45, 7) is 7.92. The van der Waals surface area contributed by atoms with Crippen LogP contribution >= 0.6 is 0 Å². The maximum atomic E-state index is 11.0. The minimum atomic E-state index is -0.958. The van der Waals surface area contributed by atoms with Crippen molar-refractivity contribution in [3.8, 4) is 0 Å². The molecule has 0 saturated carbocycles. The zero-order valence-corrected chi connectivity index (χ0v) is 10.7. The molecule has 0 aliphatic carbocycles. The Hall–Kier alpha value is -1.42. The Balaban J connectivity index is 2.89. The fourth-order valence-electron chi connectivity index (χ4n) is 1.82. The maximum Gasteiger partial charge on any atom is 0.354 e. The number of aromatic nitrogens is 1. The summed E-state index contributed by atoms with van der Waals surface area (Å²) in [5.41, 5.74) is 0.941. The number of pyridine rings is 1. The molecule has 0 aliphatic rings. The number of carbonyl (C=O) groups is 1. The number of hydrogen-bond donors (Lipinski definition) is 1. The van der Waals surface area contributed by atoms with Gasteiger partial charge in [0, 0.05) is 18.8 Å². The van der Waals surface area contributed by atoms with Crippen LogP contribution in [0, 0.1) is 0 Å². The van der Waals surface area contributed by atoms with E-state index in [1.165, 1.54) is 6.20 Å². The average molecular weight is 236 g/mol. The largest absolute Gasteiger partial charge is 0.477 e. The predicted molar refractivity (Wildman–Crippen MR) is 67.0 cm³/mol. The summed E-state index contributed by atoms with van der Waals surface area (Å²) < 4.78 is 0. The average Bonchev–Trinajstić information content (AvgIpc) is 2.35. The van der Waals surface area contributed by atoms with Gasteiger partial charge in [0.2, 0.25) is 0 Å². The first-order valence-corrected chi connectivity index (χ1v) is 6.01. The Morgan fingerprint density at radius 3 is 2.76 bits per heavy atom. The lowest BCUT2D eigenvalue weighted by Crippen LogP contribution is -2.32. The molecule has 4 nitrogen and oxygen atoms in total. The van der Waals surface area contributed by atoms with Gasteiger partial charge in [-0.3, -0.25) is 4.90 Å². The van der Waals surface area contributed by atoms with E-state index in [2.05, 4.69) is 30.7 Å². The zero-order valence-electron chi connectivity index (χ0n) is 10.7. The third kappa shape index (κ3) is 3.53. The van der Waals surface area contributed by atoms with Gasteiger partial charge in [0.05, 0.1) is 0 Å². The number of hydrogen-bond acceptors (Lipinski definition) is 3. The van der Waals surface area contributed by atoms with Crippen molar-refractivity contribution in [2.24, 2.45) is 0 Å². The fourth-order valence-corrected chi connectivity index (χ4v) is 1.82. The second kappa shape index (κ2) is 6.35. The van der Waals surface area contributed by atoms with Crippen molar-refractivity contribution >= 4 is 5.97 Å². The lowest BCUT2D eigenvalue weighted by Gasteiger charge is -2.27. The minimum absolute atomic E-state index is 0.161. The van der Waals surface area contributed by atoms with Crippen molar-refractivity contribution in [2.45, 2.75) is 39.8 Å². The highest BCUT2D eigenvalue weighted by molar-refractivity contribution is 5.86. The van der Waals surface area contributed by atoms with Crippen molar-refractivity contribution in [2.75, 3.05) is 6.54 Å². The fraction of sp³-hybridized carbons (Fsp3) is 0.538. The third-order valence-corrected chi connectivity index (χ3v) is 3.09. The zero-order chi connectivity index (χ0) is 12.8. The predicted octanol–water partition coefficient (Wildman–Crippen LogP) is 2.40. The highest BCUT2D eigenvalue weighted by Crippen LogP contribution is 2.13. The monoisotopic (exact) mass is 236 g/mol. The molecule has 0 spiro atoms. The van der Waals surface area contributed by atoms with Gasteiger partial charge in [-0.05, 0) is 31.5 Å². The quantitative estimate of drug-likeness (QED) is 0.824. The summed E-state index contributed by atoms with van der Waals surface area (Å²) in [4.78, 5) is 17.2. The van der Waals surface area contributed by atoms with Crippen LogP contribution in [0.1, 0.15) is 43.2 Å². The number of carboxylic acid groups (broad SMARTS) is 1. The van der Waals surface area contributed by atoms with Crippen molar-refractivity contribution in [3.05, 3.63) is 29.6 Å². The van der Waals surface area contributed by atoms with E-state index in [-0.39, 0.29) is 5.69 Å². The molecule has 0 amide bonds. The summed E-state index contributed by atoms with van der Waals surface area (Å²) in [7, 11) is 0. The molecule has 1 heterocycles. The molecule has 1 aromatic heterocycles. The van der Waals surface area contributed by atoms with Gasteiger partial charge in [-0.2, -0.15) is 0 Å². The number of nitrogens with zero attached hydrogens (tertiary/aromatic N) is 2. The number of carboxylic acids is 1. The smallest absolute Gasteiger partial charge is 0.354 e. The standard InChI is InChI=1S/C13H20N2O2/c1-4-10(3)15(5-2)9-11-7-6-8-14-12(11)13(16)17/h6-8,10H,4-5,9H2,1-3H3,(H,16,17). The molecular formula is C13H20N2O2. The van der Waals surface area contributed by atoms with Crippen molar-refractivity contribution in [1.82, 2.24) is 9.88 Å². The van der Waals surface area contributed by atoms with E-state index >= 15 is 0 Å². The van der Waals surface area contributed by atoms with Crippen LogP contribution in [0.3, 0.4) is 0 Å². The normalized spacial score (nSPS) is 12.7. The molecular weight excluding hydrogens is 216 g/mol. The molecule has 1 rings (SSSR count). The molecule has 0 saturated heterocycles. The Bertz CT molecular complexity index is 379. The van der Waals surface area contributed by atoms with E-state index in [4.69, 9.17) is 5.11 Å². The van der Waals surface area contributed by atoms with Gasteiger partial charge < -0.3 is 5.11 Å². The van der Waals surface area contributed by atoms with Gasteiger partial charge in [0.1, 0.15) is 0 Å². The van der Waals surface area contributed by atoms with E-state index in [1.807, 2.05) is 6.07 Å². The van der Waals surface area contributed by atoms with Crippen LogP contribution < -0.4 is 0 Å². The highest BCUT2D eigenvalue weighted by atomic mass is 16.4. The van der Waals surface area contributed by atoms with Gasteiger partial charge in [-0.15, -0.1) is 0 Å². The molecule has 17 heavy (non-hydrogen) atoms. The molecule has 0 bridgehead atoms. The van der Waals surface area contributed by atoms with Crippen LogP contribution in [0.15, 0.2) is 18.3 Å². The van der Waals surface area contributed by atoms with Crippen LogP contribution in [0.5, 0.6) is 0 Å². The molecule has 0 fully saturated rings. The molecule has 94 valence electrons. The first-order valence-electron chi connectivity index (χ1n) is 6.01. The first-order chi connectivity index (χ1) is 8.10. The Kier molecular flexibility index (Phi) is 5.10. The van der Waals surface area contributed by atoms with E-state index in [0.29, 0.717) is 12.6 Å².